The first-order valence-electron chi connectivity index (χ1n) is 5.41. The number of imidazole rings is 1. The third-order valence-electron chi connectivity index (χ3n) is 2.78. The zero-order chi connectivity index (χ0) is 12.5. The molecule has 1 N–H and O–H groups in total. The maximum atomic E-state index is 5.35. The summed E-state index contributed by atoms with van der Waals surface area (Å²) in [5.41, 5.74) is 4.90. The van der Waals surface area contributed by atoms with E-state index < -0.39 is 0 Å². The molecule has 1 aromatic carbocycles. The number of H-pyrrole nitrogens is 1. The summed E-state index contributed by atoms with van der Waals surface area (Å²) < 4.78 is 7.94. The number of benzene rings is 1. The van der Waals surface area contributed by atoms with Gasteiger partial charge in [0.25, 0.3) is 0 Å². The molecule has 0 fully saturated rings. The minimum absolute atomic E-state index is 0.689. The Hall–Kier alpha value is -1.66. The van der Waals surface area contributed by atoms with Gasteiger partial charge in [-0.3, -0.25) is 0 Å². The lowest BCUT2D eigenvalue weighted by molar-refractivity contribution is 0.415. The number of hydrogen-bond donors (Lipinski definition) is 1. The molecule has 0 amide bonds. The van der Waals surface area contributed by atoms with Crippen LogP contribution < -0.4 is 4.74 Å². The van der Waals surface area contributed by atoms with Crippen molar-refractivity contribution in [1.29, 1.82) is 0 Å². The minimum atomic E-state index is 0.689. The van der Waals surface area contributed by atoms with E-state index in [1.807, 2.05) is 33.7 Å². The fourth-order valence-electron chi connectivity index (χ4n) is 1.90. The Morgan fingerprint density at radius 2 is 2.39 bits per heavy atom. The SMILES string of the molecule is COc1ccc2c(c1)[nH]c(=S)n2Cc1cscn1. The molecule has 0 radical (unpaired) electrons. The Labute approximate surface area is 113 Å². The van der Waals surface area contributed by atoms with Crippen molar-refractivity contribution >= 4 is 34.6 Å². The number of nitrogens with one attached hydrogen (secondary N) is 1. The summed E-state index contributed by atoms with van der Waals surface area (Å²) in [6, 6.07) is 5.89. The van der Waals surface area contributed by atoms with Crippen LogP contribution in [0.3, 0.4) is 0 Å². The molecule has 0 aliphatic heterocycles. The van der Waals surface area contributed by atoms with Crippen molar-refractivity contribution in [2.45, 2.75) is 6.54 Å². The summed E-state index contributed by atoms with van der Waals surface area (Å²) in [4.78, 5) is 7.47. The summed E-state index contributed by atoms with van der Waals surface area (Å²) in [5, 5.41) is 2.03. The van der Waals surface area contributed by atoms with Gasteiger partial charge < -0.3 is 14.3 Å². The van der Waals surface area contributed by atoms with E-state index in [9.17, 15) is 0 Å². The van der Waals surface area contributed by atoms with Crippen molar-refractivity contribution in [3.63, 3.8) is 0 Å². The van der Waals surface area contributed by atoms with Crippen molar-refractivity contribution in [2.24, 2.45) is 0 Å². The fourth-order valence-corrected chi connectivity index (χ4v) is 2.73. The van der Waals surface area contributed by atoms with Crippen LogP contribution in [-0.2, 0) is 6.54 Å². The predicted octanol–water partition coefficient (Wildman–Crippen LogP) is 3.21. The minimum Gasteiger partial charge on any atom is -0.497 e. The molecule has 0 saturated heterocycles. The maximum Gasteiger partial charge on any atom is 0.178 e. The Balaban J connectivity index is 2.11. The second kappa shape index (κ2) is 4.55. The van der Waals surface area contributed by atoms with E-state index in [-0.39, 0.29) is 0 Å². The molecule has 92 valence electrons. The average molecular weight is 277 g/mol. The summed E-state index contributed by atoms with van der Waals surface area (Å²) in [5.74, 6) is 0.819. The molecule has 18 heavy (non-hydrogen) atoms. The van der Waals surface area contributed by atoms with Crippen LogP contribution in [0, 0.1) is 4.77 Å². The smallest absolute Gasteiger partial charge is 0.178 e. The summed E-state index contributed by atoms with van der Waals surface area (Å²) >= 11 is 6.94. The van der Waals surface area contributed by atoms with E-state index >= 15 is 0 Å². The van der Waals surface area contributed by atoms with E-state index in [1.165, 1.54) is 0 Å². The Kier molecular flexibility index (Phi) is 2.89. The molecule has 3 aromatic rings. The first-order chi connectivity index (χ1) is 8.78. The van der Waals surface area contributed by atoms with Crippen molar-refractivity contribution in [1.82, 2.24) is 14.5 Å². The van der Waals surface area contributed by atoms with Gasteiger partial charge in [0, 0.05) is 11.4 Å². The summed E-state index contributed by atoms with van der Waals surface area (Å²) in [7, 11) is 1.65. The third-order valence-corrected chi connectivity index (χ3v) is 3.74. The molecule has 0 bridgehead atoms. The number of thiazole rings is 1. The number of fused-ring (bicyclic) bond motifs is 1. The molecule has 0 atom stereocenters. The number of nitrogens with zero attached hydrogens (tertiary/aromatic N) is 2. The van der Waals surface area contributed by atoms with Crippen LogP contribution in [0.2, 0.25) is 0 Å². The van der Waals surface area contributed by atoms with Gasteiger partial charge in [-0.2, -0.15) is 0 Å². The zero-order valence-electron chi connectivity index (χ0n) is 9.71. The zero-order valence-corrected chi connectivity index (χ0v) is 11.3. The van der Waals surface area contributed by atoms with Gasteiger partial charge in [-0.1, -0.05) is 0 Å². The molecular formula is C12H11N3OS2. The topological polar surface area (TPSA) is 42.8 Å². The first-order valence-corrected chi connectivity index (χ1v) is 6.76. The van der Waals surface area contributed by atoms with E-state index in [0.29, 0.717) is 11.3 Å². The lowest BCUT2D eigenvalue weighted by Crippen LogP contribution is -1.99. The summed E-state index contributed by atoms with van der Waals surface area (Å²) in [6.45, 7) is 0.689. The number of rotatable bonds is 3. The number of aromatic amines is 1. The van der Waals surface area contributed by atoms with Crippen molar-refractivity contribution in [2.75, 3.05) is 7.11 Å². The van der Waals surface area contributed by atoms with Crippen LogP contribution in [0.5, 0.6) is 5.75 Å². The highest BCUT2D eigenvalue weighted by Gasteiger charge is 2.07. The lowest BCUT2D eigenvalue weighted by atomic mass is 10.3. The Morgan fingerprint density at radius 1 is 1.50 bits per heavy atom. The van der Waals surface area contributed by atoms with Crippen LogP contribution >= 0.6 is 23.6 Å². The van der Waals surface area contributed by atoms with Gasteiger partial charge in [-0.25, -0.2) is 4.98 Å². The molecule has 6 heteroatoms. The monoisotopic (exact) mass is 277 g/mol. The van der Waals surface area contributed by atoms with Crippen LogP contribution in [0.15, 0.2) is 29.1 Å². The van der Waals surface area contributed by atoms with Crippen LogP contribution in [0.1, 0.15) is 5.69 Å². The Morgan fingerprint density at radius 3 is 3.11 bits per heavy atom. The molecule has 3 rings (SSSR count). The van der Waals surface area contributed by atoms with Crippen LogP contribution in [0.4, 0.5) is 0 Å². The molecule has 0 aliphatic carbocycles. The van der Waals surface area contributed by atoms with Crippen LogP contribution in [-0.4, -0.2) is 21.6 Å². The summed E-state index contributed by atoms with van der Waals surface area (Å²) in [6.07, 6.45) is 0. The number of ether oxygens (including phenoxy) is 1. The molecule has 0 aliphatic rings. The van der Waals surface area contributed by atoms with Gasteiger partial charge in [0.15, 0.2) is 4.77 Å². The lowest BCUT2D eigenvalue weighted by Gasteiger charge is -2.03. The van der Waals surface area contributed by atoms with Gasteiger partial charge in [-0.15, -0.1) is 11.3 Å². The standard InChI is InChI=1S/C12H11N3OS2/c1-16-9-2-3-11-10(4-9)14-12(17)15(11)5-8-6-18-7-13-8/h2-4,6-7H,5H2,1H3,(H,14,17). The van der Waals surface area contributed by atoms with Crippen molar-refractivity contribution in [3.05, 3.63) is 39.6 Å². The van der Waals surface area contributed by atoms with Gasteiger partial charge in [0.2, 0.25) is 0 Å². The molecule has 0 spiro atoms. The molecule has 0 saturated carbocycles. The van der Waals surface area contributed by atoms with E-state index in [1.54, 1.807) is 18.4 Å². The molecule has 2 heterocycles. The molecule has 0 unspecified atom stereocenters. The van der Waals surface area contributed by atoms with Crippen molar-refractivity contribution in [3.8, 4) is 5.75 Å². The number of methoxy groups -OCH3 is 1. The largest absolute Gasteiger partial charge is 0.497 e. The van der Waals surface area contributed by atoms with Gasteiger partial charge in [0.1, 0.15) is 5.75 Å². The predicted molar refractivity (Wildman–Crippen MR) is 74.9 cm³/mol. The van der Waals surface area contributed by atoms with Gasteiger partial charge in [0.05, 0.1) is 35.9 Å². The molecule has 4 nitrogen and oxygen atoms in total. The number of aromatic nitrogens is 3. The second-order valence-electron chi connectivity index (χ2n) is 3.88. The average Bonchev–Trinajstić information content (AvgIpc) is 2.98. The highest BCUT2D eigenvalue weighted by atomic mass is 32.1. The quantitative estimate of drug-likeness (QED) is 0.748. The van der Waals surface area contributed by atoms with E-state index in [2.05, 4.69) is 9.97 Å². The normalized spacial score (nSPS) is 10.9. The molecule has 2 aromatic heterocycles. The van der Waals surface area contributed by atoms with Gasteiger partial charge >= 0.3 is 0 Å². The molecular weight excluding hydrogens is 266 g/mol. The second-order valence-corrected chi connectivity index (χ2v) is 4.98. The Bertz CT molecular complexity index is 727. The van der Waals surface area contributed by atoms with Crippen LogP contribution in [0.25, 0.3) is 11.0 Å². The highest BCUT2D eigenvalue weighted by molar-refractivity contribution is 7.71. The third kappa shape index (κ3) is 1.93. The van der Waals surface area contributed by atoms with Crippen molar-refractivity contribution < 1.29 is 4.74 Å². The first kappa shape index (κ1) is 11.4. The number of hydrogen-bond acceptors (Lipinski definition) is 4. The fraction of sp³-hybridized carbons (Fsp3) is 0.167. The van der Waals surface area contributed by atoms with E-state index in [0.717, 1.165) is 22.5 Å². The van der Waals surface area contributed by atoms with E-state index in [4.69, 9.17) is 17.0 Å². The maximum absolute atomic E-state index is 5.35. The highest BCUT2D eigenvalue weighted by Crippen LogP contribution is 2.21. The van der Waals surface area contributed by atoms with Gasteiger partial charge in [-0.05, 0) is 24.4 Å².